The quantitative estimate of drug-likeness (QED) is 0.104. The Morgan fingerprint density at radius 1 is 0.0811 bits per heavy atom. The zero-order chi connectivity index (χ0) is 97.6. The maximum Gasteiger partial charge on any atom is 0.0547 e. The average molecular weight is 1880 g/mol. The third kappa shape index (κ3) is 15.1. The van der Waals surface area contributed by atoms with Crippen LogP contribution in [0.1, 0.15) is 0 Å². The van der Waals surface area contributed by atoms with Crippen LogP contribution in [-0.2, 0) is 0 Å². The predicted molar refractivity (Wildman–Crippen MR) is 626 cm³/mol. The van der Waals surface area contributed by atoms with Crippen molar-refractivity contribution in [3.8, 4) is 123 Å². The Morgan fingerprint density at radius 2 is 0.291 bits per heavy atom. The summed E-state index contributed by atoms with van der Waals surface area (Å²) in [4.78, 5) is 0. The first kappa shape index (κ1) is 86.2. The first-order valence-corrected chi connectivity index (χ1v) is 50.9. The number of nitrogens with zero attached hydrogens (tertiary/aromatic N) is 6. The van der Waals surface area contributed by atoms with Gasteiger partial charge in [-0.25, -0.2) is 0 Å². The van der Waals surface area contributed by atoms with E-state index in [1.807, 2.05) is 0 Å². The Bertz CT molecular complexity index is 10100. The molecule has 30 aromatic rings. The smallest absolute Gasteiger partial charge is 0.0547 e. The molecule has 0 aliphatic heterocycles. The molecular formula is C142H94N6. The van der Waals surface area contributed by atoms with Gasteiger partial charge in [-0.15, -0.1) is 0 Å². The lowest BCUT2D eigenvalue weighted by atomic mass is 9.98. The van der Waals surface area contributed by atoms with Gasteiger partial charge in [0.2, 0.25) is 0 Å². The summed E-state index contributed by atoms with van der Waals surface area (Å²) in [6, 6.07) is 207. The van der Waals surface area contributed by atoms with Crippen molar-refractivity contribution in [3.05, 3.63) is 570 Å². The Hall–Kier alpha value is -19.7. The van der Waals surface area contributed by atoms with Crippen LogP contribution in [-0.4, -0.2) is 27.4 Å². The molecule has 0 saturated heterocycles. The molecule has 692 valence electrons. The van der Waals surface area contributed by atoms with Crippen LogP contribution in [0.3, 0.4) is 0 Å². The van der Waals surface area contributed by atoms with E-state index in [-0.39, 0.29) is 0 Å². The largest absolute Gasteiger partial charge is 0.309 e. The van der Waals surface area contributed by atoms with Crippen LogP contribution in [0.2, 0.25) is 0 Å². The number of aromatic nitrogens is 6. The molecule has 0 aliphatic rings. The Kier molecular flexibility index (Phi) is 21.2. The number of rotatable bonds is 14. The predicted octanol–water partition coefficient (Wildman–Crippen LogP) is 38.1. The molecule has 0 amide bonds. The molecule has 148 heavy (non-hydrogen) atoms. The fraction of sp³-hybridized carbons (Fsp3) is 0. The highest BCUT2D eigenvalue weighted by Gasteiger charge is 2.24. The second-order valence-electron chi connectivity index (χ2n) is 38.6. The van der Waals surface area contributed by atoms with Gasteiger partial charge in [-0.2, -0.15) is 0 Å². The Labute approximate surface area is 856 Å². The van der Waals surface area contributed by atoms with Crippen molar-refractivity contribution in [1.82, 2.24) is 27.4 Å². The van der Waals surface area contributed by atoms with E-state index in [4.69, 9.17) is 0 Å². The highest BCUT2D eigenvalue weighted by molar-refractivity contribution is 6.17. The van der Waals surface area contributed by atoms with E-state index in [1.165, 1.54) is 242 Å². The van der Waals surface area contributed by atoms with Gasteiger partial charge in [0.15, 0.2) is 0 Å². The van der Waals surface area contributed by atoms with Gasteiger partial charge >= 0.3 is 0 Å². The molecule has 6 heteroatoms. The summed E-state index contributed by atoms with van der Waals surface area (Å²) < 4.78 is 14.5. The van der Waals surface area contributed by atoms with Crippen LogP contribution < -0.4 is 0 Å². The SMILES string of the molecule is c1ccc(-c2cc(-c3ccccc3)cc(-n3c4ccccc4c4cc(-c5ccc6c7ccccc7n(-c7ccccc7)c6c5)ccc43)c2)cc1.c1ccc(-c2ccc(-n3c4ccccc4c4ccc(-c5ccc6c7ccccc7n(-c7ccc8ccccc8c7)c6c5)cc43)cc2)cc1.c1ccc(-c2cccc(-n3c4ccccc4c4cc(-c5ccc6c(c5)c5ccccc5n6-c5cccc(-c6ccccc6)c5)ccc43)c2)cc1. The van der Waals surface area contributed by atoms with Gasteiger partial charge in [0, 0.05) is 98.8 Å². The highest BCUT2D eigenvalue weighted by atomic mass is 15.0. The molecule has 0 N–H and O–H groups in total. The minimum Gasteiger partial charge on any atom is -0.309 e. The van der Waals surface area contributed by atoms with Crippen LogP contribution >= 0.6 is 0 Å². The van der Waals surface area contributed by atoms with E-state index in [2.05, 4.69) is 598 Å². The second kappa shape index (κ2) is 36.4. The van der Waals surface area contributed by atoms with Crippen molar-refractivity contribution in [2.45, 2.75) is 0 Å². The lowest BCUT2D eigenvalue weighted by Crippen LogP contribution is -1.96. The van der Waals surface area contributed by atoms with E-state index < -0.39 is 0 Å². The average Bonchev–Trinajstić information content (AvgIpc) is 1.59. The van der Waals surface area contributed by atoms with E-state index in [0.29, 0.717) is 0 Å². The molecule has 6 nitrogen and oxygen atoms in total. The summed E-state index contributed by atoms with van der Waals surface area (Å²) in [6.07, 6.45) is 0. The fourth-order valence-electron chi connectivity index (χ4n) is 23.1. The summed E-state index contributed by atoms with van der Waals surface area (Å²) in [5.74, 6) is 0. The Balaban J connectivity index is 0.000000107. The Morgan fingerprint density at radius 3 is 0.662 bits per heavy atom. The van der Waals surface area contributed by atoms with Gasteiger partial charge < -0.3 is 27.4 Å². The number of fused-ring (bicyclic) bond motifs is 19. The van der Waals surface area contributed by atoms with E-state index in [9.17, 15) is 0 Å². The summed E-state index contributed by atoms with van der Waals surface area (Å²) in [5.41, 5.74) is 40.8. The topological polar surface area (TPSA) is 29.6 Å². The van der Waals surface area contributed by atoms with Crippen molar-refractivity contribution >= 4 is 142 Å². The van der Waals surface area contributed by atoms with Gasteiger partial charge in [0.25, 0.3) is 0 Å². The minimum atomic E-state index is 1.15. The zero-order valence-electron chi connectivity index (χ0n) is 81.0. The van der Waals surface area contributed by atoms with Crippen LogP contribution in [0.4, 0.5) is 0 Å². The van der Waals surface area contributed by atoms with Gasteiger partial charge in [0.1, 0.15) is 0 Å². The molecule has 24 aromatic carbocycles. The van der Waals surface area contributed by atoms with Crippen molar-refractivity contribution in [3.63, 3.8) is 0 Å². The van der Waals surface area contributed by atoms with Gasteiger partial charge in [-0.05, 0) is 270 Å². The third-order valence-electron chi connectivity index (χ3n) is 30.1. The monoisotopic (exact) mass is 1880 g/mol. The number of benzene rings is 24. The van der Waals surface area contributed by atoms with E-state index in [1.54, 1.807) is 0 Å². The molecular weight excluding hydrogens is 1790 g/mol. The molecule has 30 rings (SSSR count). The summed E-state index contributed by atoms with van der Waals surface area (Å²) in [6.45, 7) is 0. The first-order chi connectivity index (χ1) is 73.4. The first-order valence-electron chi connectivity index (χ1n) is 50.9. The number of hydrogen-bond donors (Lipinski definition) is 0. The summed E-state index contributed by atoms with van der Waals surface area (Å²) >= 11 is 0. The molecule has 0 unspecified atom stereocenters. The minimum absolute atomic E-state index is 1.15. The zero-order valence-corrected chi connectivity index (χ0v) is 81.0. The second-order valence-corrected chi connectivity index (χ2v) is 38.6. The number of hydrogen-bond acceptors (Lipinski definition) is 0. The maximum atomic E-state index is 2.43. The van der Waals surface area contributed by atoms with Crippen molar-refractivity contribution < 1.29 is 0 Å². The van der Waals surface area contributed by atoms with E-state index in [0.717, 1.165) is 22.7 Å². The molecule has 6 heterocycles. The van der Waals surface area contributed by atoms with Crippen molar-refractivity contribution in [2.24, 2.45) is 0 Å². The fourth-order valence-corrected chi connectivity index (χ4v) is 23.1. The standard InChI is InChI=1S/2C48H32N2.C46H30N2/c1-4-14-33(15-5-1)37-28-38(34-16-6-2-7-17-34)30-40(29-37)50-46-23-13-11-21-42(46)44-31-35(25-27-47(44)50)36-24-26-43-41-20-10-12-22-45(41)49(48(43)32-36)39-18-8-3-9-19-39;1-3-13-33(14-4-1)35-17-11-19-39(29-35)49-45-23-9-7-21-41(45)43-31-37(25-27-47(43)49)38-26-28-48-44(32-38)42-22-8-10-24-46(42)50(48)40-20-12-18-36(30-40)34-15-5-2-6-16-34;1-2-10-31(11-3-1)33-18-23-37(24-19-33)47-43-16-8-6-14-39(43)41-26-21-35(29-45(41)47)36-22-27-42-40-15-7-9-17-44(40)48(46(42)30-36)38-25-20-32-12-4-5-13-34(32)28-38/h2*1-32H;1-30H. The van der Waals surface area contributed by atoms with Gasteiger partial charge in [-0.1, -0.05) is 400 Å². The molecule has 0 spiro atoms. The molecule has 0 bridgehead atoms. The van der Waals surface area contributed by atoms with Crippen LogP contribution in [0.15, 0.2) is 570 Å². The van der Waals surface area contributed by atoms with E-state index >= 15 is 0 Å². The van der Waals surface area contributed by atoms with Gasteiger partial charge in [0.05, 0.1) is 66.2 Å². The van der Waals surface area contributed by atoms with Crippen LogP contribution in [0.5, 0.6) is 0 Å². The molecule has 0 fully saturated rings. The summed E-state index contributed by atoms with van der Waals surface area (Å²) in [7, 11) is 0. The van der Waals surface area contributed by atoms with Crippen LogP contribution in [0, 0.1) is 0 Å². The lowest BCUT2D eigenvalue weighted by Gasteiger charge is -2.14. The summed E-state index contributed by atoms with van der Waals surface area (Å²) in [5, 5.41) is 17.6. The highest BCUT2D eigenvalue weighted by Crippen LogP contribution is 2.47. The number of para-hydroxylation sites is 7. The maximum absolute atomic E-state index is 2.43. The molecule has 6 aromatic heterocycles. The third-order valence-corrected chi connectivity index (χ3v) is 30.1. The van der Waals surface area contributed by atoms with Crippen LogP contribution in [0.25, 0.3) is 265 Å². The van der Waals surface area contributed by atoms with Gasteiger partial charge in [-0.3, -0.25) is 0 Å². The normalized spacial score (nSPS) is 11.6. The van der Waals surface area contributed by atoms with Crippen molar-refractivity contribution in [1.29, 1.82) is 0 Å². The lowest BCUT2D eigenvalue weighted by molar-refractivity contribution is 1.18. The van der Waals surface area contributed by atoms with Crippen molar-refractivity contribution in [2.75, 3.05) is 0 Å². The molecule has 0 radical (unpaired) electrons. The molecule has 0 atom stereocenters. The molecule has 0 aliphatic carbocycles. The molecule has 0 saturated carbocycles.